The molecule has 18 heavy (non-hydrogen) atoms. The van der Waals surface area contributed by atoms with Crippen LogP contribution in [-0.4, -0.2) is 24.4 Å². The van der Waals surface area contributed by atoms with Crippen molar-refractivity contribution in [2.75, 3.05) is 13.1 Å². The molecular formula is C13H14F3NO. The van der Waals surface area contributed by atoms with Gasteiger partial charge in [-0.3, -0.25) is 4.79 Å². The van der Waals surface area contributed by atoms with Crippen LogP contribution in [-0.2, 0) is 11.0 Å². The number of carbonyl (C=O) groups excluding carboxylic acids is 1. The van der Waals surface area contributed by atoms with Crippen molar-refractivity contribution in [3.8, 4) is 0 Å². The minimum absolute atomic E-state index is 0.112. The zero-order valence-corrected chi connectivity index (χ0v) is 9.78. The highest BCUT2D eigenvalue weighted by atomic mass is 19.4. The first-order valence-electron chi connectivity index (χ1n) is 5.88. The molecule has 0 bridgehead atoms. The molecule has 0 aromatic heterocycles. The summed E-state index contributed by atoms with van der Waals surface area (Å²) in [6.07, 6.45) is -2.37. The summed E-state index contributed by atoms with van der Waals surface area (Å²) in [7, 11) is 0. The van der Waals surface area contributed by atoms with E-state index in [0.717, 1.165) is 12.5 Å². The smallest absolute Gasteiger partial charge is 0.345 e. The number of carbonyl (C=O) groups is 1. The van der Waals surface area contributed by atoms with Crippen molar-refractivity contribution in [2.24, 2.45) is 0 Å². The molecule has 98 valence electrons. The molecular weight excluding hydrogens is 243 g/mol. The van der Waals surface area contributed by atoms with Crippen LogP contribution in [0.15, 0.2) is 24.3 Å². The van der Waals surface area contributed by atoms with E-state index >= 15 is 0 Å². The van der Waals surface area contributed by atoms with Gasteiger partial charge in [-0.1, -0.05) is 18.2 Å². The molecule has 1 aromatic rings. The summed E-state index contributed by atoms with van der Waals surface area (Å²) in [6, 6.07) is 5.72. The molecule has 1 fully saturated rings. The van der Waals surface area contributed by atoms with Crippen molar-refractivity contribution in [1.82, 2.24) is 4.90 Å². The fourth-order valence-corrected chi connectivity index (χ4v) is 2.43. The van der Waals surface area contributed by atoms with Gasteiger partial charge < -0.3 is 4.90 Å². The Morgan fingerprint density at radius 1 is 1.17 bits per heavy atom. The Labute approximate surface area is 103 Å². The van der Waals surface area contributed by atoms with Gasteiger partial charge >= 0.3 is 6.18 Å². The van der Waals surface area contributed by atoms with Crippen molar-refractivity contribution in [2.45, 2.75) is 24.9 Å². The van der Waals surface area contributed by atoms with Gasteiger partial charge in [-0.15, -0.1) is 0 Å². The molecule has 0 aliphatic carbocycles. The minimum atomic E-state index is -4.31. The SMILES string of the molecule is O=CN1CCC(c2ccccc2C(F)(F)F)CC1. The number of nitrogens with zero attached hydrogens (tertiary/aromatic N) is 1. The molecule has 2 nitrogen and oxygen atoms in total. The molecule has 0 unspecified atom stereocenters. The van der Waals surface area contributed by atoms with E-state index in [1.54, 1.807) is 17.0 Å². The number of rotatable bonds is 2. The van der Waals surface area contributed by atoms with Crippen LogP contribution in [0.2, 0.25) is 0 Å². The number of likely N-dealkylation sites (tertiary alicyclic amines) is 1. The standard InChI is InChI=1S/C13H14F3NO/c14-13(15,16)12-4-2-1-3-11(12)10-5-7-17(9-18)8-6-10/h1-4,9-10H,5-8H2. The number of amides is 1. The predicted molar refractivity (Wildman–Crippen MR) is 61.1 cm³/mol. The molecule has 0 atom stereocenters. The zero-order chi connectivity index (χ0) is 13.2. The number of hydrogen-bond donors (Lipinski definition) is 0. The number of piperidine rings is 1. The van der Waals surface area contributed by atoms with Crippen molar-refractivity contribution < 1.29 is 18.0 Å². The van der Waals surface area contributed by atoms with Crippen molar-refractivity contribution >= 4 is 6.41 Å². The molecule has 0 radical (unpaired) electrons. The van der Waals surface area contributed by atoms with Gasteiger partial charge in [0.05, 0.1) is 5.56 Å². The van der Waals surface area contributed by atoms with E-state index in [1.807, 2.05) is 0 Å². The fraction of sp³-hybridized carbons (Fsp3) is 0.462. The van der Waals surface area contributed by atoms with Crippen LogP contribution >= 0.6 is 0 Å². The lowest BCUT2D eigenvalue weighted by Crippen LogP contribution is -2.32. The predicted octanol–water partition coefficient (Wildman–Crippen LogP) is 3.04. The van der Waals surface area contributed by atoms with Gasteiger partial charge in [0.2, 0.25) is 6.41 Å². The van der Waals surface area contributed by atoms with Crippen molar-refractivity contribution in [1.29, 1.82) is 0 Å². The normalized spacial score (nSPS) is 17.8. The maximum absolute atomic E-state index is 12.9. The number of halogens is 3. The number of hydrogen-bond acceptors (Lipinski definition) is 1. The number of benzene rings is 1. The quantitative estimate of drug-likeness (QED) is 0.746. The van der Waals surface area contributed by atoms with Crippen LogP contribution in [0.1, 0.15) is 29.9 Å². The second kappa shape index (κ2) is 5.00. The summed E-state index contributed by atoms with van der Waals surface area (Å²) < 4.78 is 38.6. The van der Waals surface area contributed by atoms with Gasteiger partial charge in [0.15, 0.2) is 0 Å². The van der Waals surface area contributed by atoms with Crippen molar-refractivity contribution in [3.63, 3.8) is 0 Å². The highest BCUT2D eigenvalue weighted by molar-refractivity contribution is 5.47. The lowest BCUT2D eigenvalue weighted by molar-refractivity contribution is -0.138. The van der Waals surface area contributed by atoms with Gasteiger partial charge in [-0.2, -0.15) is 13.2 Å². The van der Waals surface area contributed by atoms with Gasteiger partial charge in [0.1, 0.15) is 0 Å². The topological polar surface area (TPSA) is 20.3 Å². The lowest BCUT2D eigenvalue weighted by atomic mass is 9.86. The second-order valence-electron chi connectivity index (χ2n) is 4.50. The van der Waals surface area contributed by atoms with E-state index in [4.69, 9.17) is 0 Å². The third kappa shape index (κ3) is 2.66. The molecule has 1 heterocycles. The second-order valence-corrected chi connectivity index (χ2v) is 4.50. The summed E-state index contributed by atoms with van der Waals surface area (Å²) >= 11 is 0. The maximum atomic E-state index is 12.9. The Morgan fingerprint density at radius 3 is 2.33 bits per heavy atom. The molecule has 1 aliphatic rings. The molecule has 0 saturated carbocycles. The molecule has 0 spiro atoms. The van der Waals surface area contributed by atoms with Crippen LogP contribution in [0.4, 0.5) is 13.2 Å². The molecule has 1 saturated heterocycles. The van der Waals surface area contributed by atoms with Gasteiger partial charge in [0, 0.05) is 13.1 Å². The monoisotopic (exact) mass is 257 g/mol. The molecule has 1 amide bonds. The van der Waals surface area contributed by atoms with E-state index in [9.17, 15) is 18.0 Å². The summed E-state index contributed by atoms with van der Waals surface area (Å²) in [6.45, 7) is 1.06. The lowest BCUT2D eigenvalue weighted by Gasteiger charge is -2.30. The van der Waals surface area contributed by atoms with Gasteiger partial charge in [0.25, 0.3) is 0 Å². The van der Waals surface area contributed by atoms with Crippen LogP contribution < -0.4 is 0 Å². The summed E-state index contributed by atoms with van der Waals surface area (Å²) in [5, 5.41) is 0. The van der Waals surface area contributed by atoms with E-state index < -0.39 is 11.7 Å². The molecule has 1 aliphatic heterocycles. The molecule has 0 N–H and O–H groups in total. The third-order valence-corrected chi connectivity index (χ3v) is 3.38. The Kier molecular flexibility index (Phi) is 3.59. The highest BCUT2D eigenvalue weighted by Crippen LogP contribution is 2.38. The Morgan fingerprint density at radius 2 is 1.78 bits per heavy atom. The molecule has 1 aromatic carbocycles. The van der Waals surface area contributed by atoms with E-state index in [-0.39, 0.29) is 5.92 Å². The van der Waals surface area contributed by atoms with Gasteiger partial charge in [-0.25, -0.2) is 0 Å². The molecule has 2 rings (SSSR count). The van der Waals surface area contributed by atoms with E-state index in [1.165, 1.54) is 6.07 Å². The summed E-state index contributed by atoms with van der Waals surface area (Å²) in [5.74, 6) is -0.112. The first kappa shape index (κ1) is 12.9. The van der Waals surface area contributed by atoms with Gasteiger partial charge in [-0.05, 0) is 30.4 Å². The Hall–Kier alpha value is -1.52. The average Bonchev–Trinajstić information content (AvgIpc) is 2.38. The van der Waals surface area contributed by atoms with Crippen molar-refractivity contribution in [3.05, 3.63) is 35.4 Å². The highest BCUT2D eigenvalue weighted by Gasteiger charge is 2.35. The minimum Gasteiger partial charge on any atom is -0.345 e. The van der Waals surface area contributed by atoms with Crippen LogP contribution in [0.5, 0.6) is 0 Å². The van der Waals surface area contributed by atoms with E-state index in [2.05, 4.69) is 0 Å². The van der Waals surface area contributed by atoms with Crippen LogP contribution in [0.25, 0.3) is 0 Å². The maximum Gasteiger partial charge on any atom is 0.416 e. The first-order valence-corrected chi connectivity index (χ1v) is 5.88. The third-order valence-electron chi connectivity index (χ3n) is 3.38. The Bertz CT molecular complexity index is 422. The fourth-order valence-electron chi connectivity index (χ4n) is 2.43. The zero-order valence-electron chi connectivity index (χ0n) is 9.78. The van der Waals surface area contributed by atoms with Crippen LogP contribution in [0.3, 0.4) is 0 Å². The summed E-state index contributed by atoms with van der Waals surface area (Å²) in [5.41, 5.74) is -0.190. The van der Waals surface area contributed by atoms with E-state index in [0.29, 0.717) is 31.5 Å². The largest absolute Gasteiger partial charge is 0.416 e. The number of alkyl halides is 3. The first-order chi connectivity index (χ1) is 8.52. The van der Waals surface area contributed by atoms with Crippen LogP contribution in [0, 0.1) is 0 Å². The Balaban J connectivity index is 2.22. The molecule has 5 heteroatoms. The average molecular weight is 257 g/mol. The summed E-state index contributed by atoms with van der Waals surface area (Å²) in [4.78, 5) is 12.2.